The highest BCUT2D eigenvalue weighted by Crippen LogP contribution is 2.36. The Labute approximate surface area is 197 Å². The minimum absolute atomic E-state index is 0.124. The first-order chi connectivity index (χ1) is 15.5. The molecule has 9 heteroatoms. The van der Waals surface area contributed by atoms with E-state index in [1.165, 1.54) is 17.4 Å². The summed E-state index contributed by atoms with van der Waals surface area (Å²) in [6, 6.07) is 17.1. The van der Waals surface area contributed by atoms with Crippen LogP contribution in [0.5, 0.6) is 5.75 Å². The van der Waals surface area contributed by atoms with E-state index in [9.17, 15) is 14.4 Å². The molecule has 162 valence electrons. The Kier molecular flexibility index (Phi) is 6.64. The number of barbiturate groups is 1. The molecule has 3 aromatic rings. The minimum atomic E-state index is -0.811. The summed E-state index contributed by atoms with van der Waals surface area (Å²) in [6.07, 6.45) is 1.50. The van der Waals surface area contributed by atoms with Crippen LogP contribution in [0.1, 0.15) is 11.8 Å². The molecule has 0 bridgehead atoms. The van der Waals surface area contributed by atoms with Crippen molar-refractivity contribution >= 4 is 64.3 Å². The van der Waals surface area contributed by atoms with Crippen molar-refractivity contribution in [2.45, 2.75) is 16.0 Å². The predicted molar refractivity (Wildman–Crippen MR) is 127 cm³/mol. The second-order valence-corrected chi connectivity index (χ2v) is 9.50. The maximum absolute atomic E-state index is 13.1. The molecule has 1 N–H and O–H groups in total. The largest absolute Gasteiger partial charge is 0.492 e. The first kappa shape index (κ1) is 22.1. The van der Waals surface area contributed by atoms with Crippen LogP contribution >= 0.6 is 34.7 Å². The molecule has 2 aromatic carbocycles. The van der Waals surface area contributed by atoms with E-state index in [2.05, 4.69) is 5.32 Å². The van der Waals surface area contributed by atoms with Crippen LogP contribution in [0.4, 0.5) is 10.5 Å². The molecule has 1 aliphatic heterocycles. The Morgan fingerprint density at radius 2 is 1.81 bits per heavy atom. The molecule has 4 rings (SSSR count). The zero-order chi connectivity index (χ0) is 22.7. The summed E-state index contributed by atoms with van der Waals surface area (Å²) >= 11 is 8.91. The van der Waals surface area contributed by atoms with Gasteiger partial charge in [-0.1, -0.05) is 35.5 Å². The third-order valence-electron chi connectivity index (χ3n) is 4.43. The molecule has 0 radical (unpaired) electrons. The van der Waals surface area contributed by atoms with Crippen molar-refractivity contribution < 1.29 is 19.1 Å². The number of carbonyl (C=O) groups excluding carboxylic acids is 3. The highest BCUT2D eigenvalue weighted by molar-refractivity contribution is 8.01. The molecule has 0 aliphatic carbocycles. The van der Waals surface area contributed by atoms with Gasteiger partial charge in [-0.2, -0.15) is 0 Å². The molecular weight excluding hydrogens is 468 g/mol. The van der Waals surface area contributed by atoms with Crippen molar-refractivity contribution in [1.29, 1.82) is 0 Å². The number of urea groups is 1. The molecule has 1 aromatic heterocycles. The van der Waals surface area contributed by atoms with Gasteiger partial charge in [0, 0.05) is 14.8 Å². The molecule has 0 saturated carbocycles. The zero-order valence-electron chi connectivity index (χ0n) is 16.8. The van der Waals surface area contributed by atoms with Crippen LogP contribution in [0.3, 0.4) is 0 Å². The van der Waals surface area contributed by atoms with Crippen molar-refractivity contribution in [2.75, 3.05) is 11.5 Å². The lowest BCUT2D eigenvalue weighted by molar-refractivity contribution is -0.122. The Morgan fingerprint density at radius 1 is 1.06 bits per heavy atom. The molecular formula is C23H17ClN2O4S2. The number of imide groups is 2. The Balaban J connectivity index is 1.61. The molecule has 0 unspecified atom stereocenters. The van der Waals surface area contributed by atoms with Crippen LogP contribution in [-0.2, 0) is 9.59 Å². The quantitative estimate of drug-likeness (QED) is 0.363. The smallest absolute Gasteiger partial charge is 0.336 e. The fourth-order valence-corrected chi connectivity index (χ4v) is 5.22. The number of para-hydroxylation sites is 2. The van der Waals surface area contributed by atoms with Crippen LogP contribution in [0.15, 0.2) is 75.3 Å². The fourth-order valence-electron chi connectivity index (χ4n) is 3.02. The third kappa shape index (κ3) is 4.72. The number of benzene rings is 2. The number of hydrogen-bond acceptors (Lipinski definition) is 6. The van der Waals surface area contributed by atoms with Gasteiger partial charge in [0.05, 0.1) is 16.5 Å². The van der Waals surface area contributed by atoms with Gasteiger partial charge in [-0.05, 0) is 61.5 Å². The van der Waals surface area contributed by atoms with Gasteiger partial charge in [-0.15, -0.1) is 11.3 Å². The summed E-state index contributed by atoms with van der Waals surface area (Å²) in [5, 5.41) is 2.90. The SMILES string of the molecule is CCOc1ccccc1N1C(=O)NC(=O)/C(=C\c2ccc(Sc3ccc(Cl)cc3)s2)C1=O. The molecule has 4 amide bonds. The first-order valence-electron chi connectivity index (χ1n) is 9.63. The molecule has 1 aliphatic rings. The van der Waals surface area contributed by atoms with Gasteiger partial charge in [0.2, 0.25) is 0 Å². The highest BCUT2D eigenvalue weighted by Gasteiger charge is 2.38. The van der Waals surface area contributed by atoms with E-state index in [0.717, 1.165) is 14.0 Å². The van der Waals surface area contributed by atoms with Crippen LogP contribution in [-0.4, -0.2) is 24.5 Å². The molecule has 2 heterocycles. The highest BCUT2D eigenvalue weighted by atomic mass is 35.5. The maximum atomic E-state index is 13.1. The number of ether oxygens (including phenoxy) is 1. The number of rotatable bonds is 6. The van der Waals surface area contributed by atoms with Crippen LogP contribution in [0, 0.1) is 0 Å². The van der Waals surface area contributed by atoms with Crippen LogP contribution < -0.4 is 15.0 Å². The number of amides is 4. The Hall–Kier alpha value is -3.07. The van der Waals surface area contributed by atoms with E-state index in [1.54, 1.807) is 43.0 Å². The fraction of sp³-hybridized carbons (Fsp3) is 0.0870. The average Bonchev–Trinajstić information content (AvgIpc) is 3.21. The molecule has 1 fully saturated rings. The second-order valence-electron chi connectivity index (χ2n) is 6.57. The van der Waals surface area contributed by atoms with Gasteiger partial charge in [0.1, 0.15) is 11.3 Å². The monoisotopic (exact) mass is 484 g/mol. The Morgan fingerprint density at radius 3 is 2.56 bits per heavy atom. The summed E-state index contributed by atoms with van der Waals surface area (Å²) in [5.74, 6) is -1.05. The van der Waals surface area contributed by atoms with Gasteiger partial charge in [0.15, 0.2) is 0 Å². The molecule has 1 saturated heterocycles. The van der Waals surface area contributed by atoms with Gasteiger partial charge in [-0.25, -0.2) is 9.69 Å². The number of thiophene rings is 1. The van der Waals surface area contributed by atoms with Crippen molar-refractivity contribution in [1.82, 2.24) is 5.32 Å². The van der Waals surface area contributed by atoms with Crippen molar-refractivity contribution in [3.05, 3.63) is 76.1 Å². The summed E-state index contributed by atoms with van der Waals surface area (Å²) in [6.45, 7) is 2.17. The summed E-state index contributed by atoms with van der Waals surface area (Å²) in [5.41, 5.74) is 0.154. The van der Waals surface area contributed by atoms with E-state index >= 15 is 0 Å². The second kappa shape index (κ2) is 9.60. The number of carbonyl (C=O) groups is 3. The van der Waals surface area contributed by atoms with Crippen molar-refractivity contribution in [2.24, 2.45) is 0 Å². The van der Waals surface area contributed by atoms with Gasteiger partial charge in [0.25, 0.3) is 11.8 Å². The topological polar surface area (TPSA) is 75.7 Å². The predicted octanol–water partition coefficient (Wildman–Crippen LogP) is 5.62. The van der Waals surface area contributed by atoms with E-state index in [-0.39, 0.29) is 11.3 Å². The van der Waals surface area contributed by atoms with Crippen molar-refractivity contribution in [3.8, 4) is 5.75 Å². The van der Waals surface area contributed by atoms with Crippen LogP contribution in [0.25, 0.3) is 6.08 Å². The van der Waals surface area contributed by atoms with E-state index in [0.29, 0.717) is 22.3 Å². The van der Waals surface area contributed by atoms with E-state index < -0.39 is 17.8 Å². The minimum Gasteiger partial charge on any atom is -0.492 e. The van der Waals surface area contributed by atoms with Crippen molar-refractivity contribution in [3.63, 3.8) is 0 Å². The molecule has 6 nitrogen and oxygen atoms in total. The van der Waals surface area contributed by atoms with Gasteiger partial charge >= 0.3 is 6.03 Å². The normalized spacial score (nSPS) is 15.2. The summed E-state index contributed by atoms with van der Waals surface area (Å²) < 4.78 is 6.53. The number of halogens is 1. The van der Waals surface area contributed by atoms with E-state index in [1.807, 2.05) is 36.4 Å². The third-order valence-corrected chi connectivity index (χ3v) is 6.85. The molecule has 0 spiro atoms. The van der Waals surface area contributed by atoms with E-state index in [4.69, 9.17) is 16.3 Å². The standard InChI is InChI=1S/C23H17ClN2O4S2/c1-2-30-19-6-4-3-5-18(19)26-22(28)17(21(27)25-23(26)29)13-16-11-12-20(32-16)31-15-9-7-14(24)8-10-15/h3-13H,2H2,1H3,(H,25,27,29)/b17-13+. The average molecular weight is 485 g/mol. The first-order valence-corrected chi connectivity index (χ1v) is 11.6. The zero-order valence-corrected chi connectivity index (χ0v) is 19.2. The lowest BCUT2D eigenvalue weighted by atomic mass is 10.1. The summed E-state index contributed by atoms with van der Waals surface area (Å²) in [4.78, 5) is 40.7. The molecule has 0 atom stereocenters. The number of nitrogens with one attached hydrogen (secondary N) is 1. The number of anilines is 1. The molecule has 32 heavy (non-hydrogen) atoms. The number of hydrogen-bond donors (Lipinski definition) is 1. The lowest BCUT2D eigenvalue weighted by Crippen LogP contribution is -2.54. The van der Waals surface area contributed by atoms with Crippen LogP contribution in [0.2, 0.25) is 5.02 Å². The summed E-state index contributed by atoms with van der Waals surface area (Å²) in [7, 11) is 0. The van der Waals surface area contributed by atoms with Gasteiger partial charge in [-0.3, -0.25) is 14.9 Å². The number of nitrogens with zero attached hydrogens (tertiary/aromatic N) is 1. The Bertz CT molecular complexity index is 1220. The lowest BCUT2D eigenvalue weighted by Gasteiger charge is -2.27. The maximum Gasteiger partial charge on any atom is 0.336 e. The van der Waals surface area contributed by atoms with Gasteiger partial charge < -0.3 is 4.74 Å².